The number of aromatic hydroxyl groups is 2. The summed E-state index contributed by atoms with van der Waals surface area (Å²) in [7, 11) is 0. The van der Waals surface area contributed by atoms with Gasteiger partial charge in [0.25, 0.3) is 0 Å². The standard InChI is InChI=1S/C25H30O2/c1-16-8-19(4-6-21(16)26)24-11-18-10-23(3,13-24)14-25(12-18,15-24)20-5-7-22(27)17(2)9-20/h4-9,18,26-27H,10-15H2,1-3H3. The van der Waals surface area contributed by atoms with Crippen LogP contribution in [0.3, 0.4) is 0 Å². The summed E-state index contributed by atoms with van der Waals surface area (Å²) >= 11 is 0. The number of benzene rings is 2. The molecule has 27 heavy (non-hydrogen) atoms. The molecule has 0 aliphatic heterocycles. The minimum Gasteiger partial charge on any atom is -0.508 e. The van der Waals surface area contributed by atoms with Gasteiger partial charge < -0.3 is 10.2 Å². The highest BCUT2D eigenvalue weighted by Crippen LogP contribution is 2.70. The first-order valence-corrected chi connectivity index (χ1v) is 10.3. The second-order valence-corrected chi connectivity index (χ2v) is 10.4. The molecule has 6 rings (SSSR count). The van der Waals surface area contributed by atoms with E-state index in [9.17, 15) is 10.2 Å². The van der Waals surface area contributed by atoms with Crippen LogP contribution in [-0.2, 0) is 10.8 Å². The first-order valence-electron chi connectivity index (χ1n) is 10.3. The molecule has 2 aromatic carbocycles. The highest BCUT2D eigenvalue weighted by molar-refractivity contribution is 5.45. The van der Waals surface area contributed by atoms with E-state index in [1.807, 2.05) is 26.0 Å². The smallest absolute Gasteiger partial charge is 0.118 e. The molecule has 0 radical (unpaired) electrons. The molecule has 2 atom stereocenters. The van der Waals surface area contributed by atoms with Crippen molar-refractivity contribution in [2.24, 2.45) is 11.3 Å². The van der Waals surface area contributed by atoms with E-state index in [4.69, 9.17) is 0 Å². The molecule has 2 aromatic rings. The predicted octanol–water partition coefficient (Wildman–Crippen LogP) is 5.89. The Morgan fingerprint density at radius 3 is 1.63 bits per heavy atom. The van der Waals surface area contributed by atoms with Gasteiger partial charge in [0.15, 0.2) is 0 Å². The van der Waals surface area contributed by atoms with Crippen LogP contribution in [0.4, 0.5) is 0 Å². The van der Waals surface area contributed by atoms with Crippen LogP contribution < -0.4 is 0 Å². The monoisotopic (exact) mass is 362 g/mol. The second kappa shape index (κ2) is 5.31. The summed E-state index contributed by atoms with van der Waals surface area (Å²) in [5.41, 5.74) is 5.65. The lowest BCUT2D eigenvalue weighted by Crippen LogP contribution is -2.59. The molecule has 2 nitrogen and oxygen atoms in total. The SMILES string of the molecule is Cc1cc(C23CC4CC(C)(C2)CC(c2ccc(O)c(C)c2)(C4)C3)ccc1O. The minimum atomic E-state index is 0.221. The topological polar surface area (TPSA) is 40.5 Å². The van der Waals surface area contributed by atoms with E-state index in [0.717, 1.165) is 17.0 Å². The fourth-order valence-corrected chi connectivity index (χ4v) is 7.54. The van der Waals surface area contributed by atoms with E-state index in [-0.39, 0.29) is 10.8 Å². The van der Waals surface area contributed by atoms with Crippen molar-refractivity contribution in [2.75, 3.05) is 0 Å². The van der Waals surface area contributed by atoms with Gasteiger partial charge in [0.05, 0.1) is 0 Å². The Morgan fingerprint density at radius 1 is 0.741 bits per heavy atom. The van der Waals surface area contributed by atoms with E-state index in [1.165, 1.54) is 49.7 Å². The van der Waals surface area contributed by atoms with Gasteiger partial charge in [-0.15, -0.1) is 0 Å². The van der Waals surface area contributed by atoms with Crippen LogP contribution in [0.25, 0.3) is 0 Å². The summed E-state index contributed by atoms with van der Waals surface area (Å²) in [6, 6.07) is 12.6. The van der Waals surface area contributed by atoms with Gasteiger partial charge in [0, 0.05) is 0 Å². The maximum absolute atomic E-state index is 10.0. The van der Waals surface area contributed by atoms with Crippen LogP contribution in [0, 0.1) is 25.2 Å². The normalized spacial score (nSPS) is 36.9. The molecule has 2 unspecified atom stereocenters. The highest BCUT2D eigenvalue weighted by atomic mass is 16.3. The Bertz CT molecular complexity index is 860. The number of hydrogen-bond acceptors (Lipinski definition) is 2. The van der Waals surface area contributed by atoms with E-state index in [2.05, 4.69) is 31.2 Å². The summed E-state index contributed by atoms with van der Waals surface area (Å²) in [6.07, 6.45) is 7.64. The molecular formula is C25H30O2. The Morgan fingerprint density at radius 2 is 1.22 bits per heavy atom. The molecule has 0 amide bonds. The quantitative estimate of drug-likeness (QED) is 0.699. The maximum atomic E-state index is 10.0. The summed E-state index contributed by atoms with van der Waals surface area (Å²) in [6.45, 7) is 6.53. The third-order valence-electron chi connectivity index (χ3n) is 7.97. The molecular weight excluding hydrogens is 332 g/mol. The molecule has 4 saturated carbocycles. The van der Waals surface area contributed by atoms with Gasteiger partial charge in [-0.2, -0.15) is 0 Å². The molecule has 4 aliphatic rings. The second-order valence-electron chi connectivity index (χ2n) is 10.4. The number of aryl methyl sites for hydroxylation is 2. The van der Waals surface area contributed by atoms with Gasteiger partial charge in [-0.1, -0.05) is 31.2 Å². The van der Waals surface area contributed by atoms with Gasteiger partial charge in [-0.05, 0) is 109 Å². The van der Waals surface area contributed by atoms with E-state index >= 15 is 0 Å². The van der Waals surface area contributed by atoms with E-state index in [0.29, 0.717) is 16.9 Å². The molecule has 0 aromatic heterocycles. The molecule has 2 N–H and O–H groups in total. The van der Waals surface area contributed by atoms with Crippen molar-refractivity contribution >= 4 is 0 Å². The molecule has 4 bridgehead atoms. The summed E-state index contributed by atoms with van der Waals surface area (Å²) in [5.74, 6) is 1.58. The van der Waals surface area contributed by atoms with E-state index < -0.39 is 0 Å². The Hall–Kier alpha value is -1.96. The largest absolute Gasteiger partial charge is 0.508 e. The summed E-state index contributed by atoms with van der Waals surface area (Å²) in [5, 5.41) is 20.1. The lowest BCUT2D eigenvalue weighted by Gasteiger charge is -2.66. The van der Waals surface area contributed by atoms with Crippen LogP contribution in [-0.4, -0.2) is 10.2 Å². The lowest BCUT2D eigenvalue weighted by atomic mass is 9.38. The van der Waals surface area contributed by atoms with Gasteiger partial charge >= 0.3 is 0 Å². The zero-order valence-corrected chi connectivity index (χ0v) is 16.7. The third-order valence-corrected chi connectivity index (χ3v) is 7.97. The Labute approximate surface area is 162 Å². The van der Waals surface area contributed by atoms with Crippen molar-refractivity contribution in [1.82, 2.24) is 0 Å². The van der Waals surface area contributed by atoms with Crippen LogP contribution in [0.2, 0.25) is 0 Å². The molecule has 0 heterocycles. The van der Waals surface area contributed by atoms with Crippen molar-refractivity contribution in [2.45, 2.75) is 70.1 Å². The van der Waals surface area contributed by atoms with Crippen LogP contribution in [0.5, 0.6) is 11.5 Å². The fraction of sp³-hybridized carbons (Fsp3) is 0.520. The van der Waals surface area contributed by atoms with Crippen molar-refractivity contribution in [3.05, 3.63) is 58.7 Å². The maximum Gasteiger partial charge on any atom is 0.118 e. The molecule has 0 spiro atoms. The third kappa shape index (κ3) is 2.45. The zero-order valence-electron chi connectivity index (χ0n) is 16.7. The Kier molecular flexibility index (Phi) is 3.37. The average Bonchev–Trinajstić information content (AvgIpc) is 2.57. The van der Waals surface area contributed by atoms with E-state index in [1.54, 1.807) is 0 Å². The Balaban J connectivity index is 1.65. The van der Waals surface area contributed by atoms with Gasteiger partial charge in [0.1, 0.15) is 11.5 Å². The first kappa shape index (κ1) is 17.2. The summed E-state index contributed by atoms with van der Waals surface area (Å²) < 4.78 is 0. The minimum absolute atomic E-state index is 0.221. The number of phenolic OH excluding ortho intramolecular Hbond substituents is 2. The first-order chi connectivity index (χ1) is 12.7. The van der Waals surface area contributed by atoms with Crippen molar-refractivity contribution in [3.8, 4) is 11.5 Å². The molecule has 2 heteroatoms. The van der Waals surface area contributed by atoms with Gasteiger partial charge in [0.2, 0.25) is 0 Å². The van der Waals surface area contributed by atoms with Crippen LogP contribution in [0.15, 0.2) is 36.4 Å². The van der Waals surface area contributed by atoms with Gasteiger partial charge in [-0.25, -0.2) is 0 Å². The van der Waals surface area contributed by atoms with Crippen molar-refractivity contribution in [1.29, 1.82) is 0 Å². The van der Waals surface area contributed by atoms with Gasteiger partial charge in [-0.3, -0.25) is 0 Å². The molecule has 142 valence electrons. The zero-order chi connectivity index (χ0) is 19.0. The number of phenols is 2. The predicted molar refractivity (Wildman–Crippen MR) is 108 cm³/mol. The molecule has 4 aliphatic carbocycles. The number of rotatable bonds is 2. The van der Waals surface area contributed by atoms with Crippen LogP contribution >= 0.6 is 0 Å². The lowest BCUT2D eigenvalue weighted by molar-refractivity contribution is -0.0807. The van der Waals surface area contributed by atoms with Crippen molar-refractivity contribution in [3.63, 3.8) is 0 Å². The molecule has 4 fully saturated rings. The molecule has 0 saturated heterocycles. The fourth-order valence-electron chi connectivity index (χ4n) is 7.54. The summed E-state index contributed by atoms with van der Waals surface area (Å²) in [4.78, 5) is 0. The van der Waals surface area contributed by atoms with Crippen LogP contribution in [0.1, 0.15) is 67.7 Å². The number of hydrogen-bond donors (Lipinski definition) is 2. The average molecular weight is 363 g/mol. The van der Waals surface area contributed by atoms with Crippen molar-refractivity contribution < 1.29 is 10.2 Å². The highest BCUT2D eigenvalue weighted by Gasteiger charge is 2.62.